The maximum Gasteiger partial charge on any atom is 0.310 e. The number of carbonyl (C=O) groups is 1. The molecular weight excluding hydrogens is 362 g/mol. The topological polar surface area (TPSA) is 63.7 Å². The quantitative estimate of drug-likeness (QED) is 0.312. The van der Waals surface area contributed by atoms with Gasteiger partial charge in [0.1, 0.15) is 0 Å². The van der Waals surface area contributed by atoms with Crippen LogP contribution in [0.3, 0.4) is 0 Å². The Morgan fingerprint density at radius 2 is 1.93 bits per heavy atom. The average Bonchev–Trinajstić information content (AvgIpc) is 3.26. The van der Waals surface area contributed by atoms with Crippen LogP contribution in [0.2, 0.25) is 0 Å². The van der Waals surface area contributed by atoms with Crippen molar-refractivity contribution in [1.29, 1.82) is 0 Å². The Hall–Kier alpha value is -2.10. The fourth-order valence-electron chi connectivity index (χ4n) is 4.25. The van der Waals surface area contributed by atoms with Crippen molar-refractivity contribution in [2.75, 3.05) is 13.7 Å². The molecule has 1 aromatic rings. The van der Waals surface area contributed by atoms with Gasteiger partial charge >= 0.3 is 5.97 Å². The van der Waals surface area contributed by atoms with Crippen molar-refractivity contribution in [1.82, 2.24) is 4.31 Å². The summed E-state index contributed by atoms with van der Waals surface area (Å²) in [6, 6.07) is 6.37. The van der Waals surface area contributed by atoms with Crippen molar-refractivity contribution in [2.24, 2.45) is 17.8 Å². The third-order valence-corrected chi connectivity index (χ3v) is 7.46. The van der Waals surface area contributed by atoms with Crippen molar-refractivity contribution >= 4 is 16.0 Å². The van der Waals surface area contributed by atoms with Crippen LogP contribution in [-0.4, -0.2) is 38.4 Å². The Kier molecular flexibility index (Phi) is 5.73. The van der Waals surface area contributed by atoms with Gasteiger partial charge in [0.15, 0.2) is 0 Å². The molecule has 0 radical (unpaired) electrons. The van der Waals surface area contributed by atoms with Crippen LogP contribution in [0, 0.1) is 37.0 Å². The largest absolute Gasteiger partial charge is 0.469 e. The number of methoxy groups -OCH3 is 1. The molecule has 0 amide bonds. The predicted octanol–water partition coefficient (Wildman–Crippen LogP) is 2.76. The lowest BCUT2D eigenvalue weighted by molar-refractivity contribution is -0.147. The van der Waals surface area contributed by atoms with Gasteiger partial charge in [-0.2, -0.15) is 4.31 Å². The lowest BCUT2D eigenvalue weighted by Crippen LogP contribution is -2.49. The SMILES string of the molecule is C#CCCCN(C1C2C=CC(C2)C1C(=O)OC)S(=O)(=O)c1ccc(C)cc1. The predicted molar refractivity (Wildman–Crippen MR) is 103 cm³/mol. The Morgan fingerprint density at radius 1 is 1.26 bits per heavy atom. The molecule has 0 N–H and O–H groups in total. The highest BCUT2D eigenvalue weighted by atomic mass is 32.2. The molecule has 0 saturated heterocycles. The highest BCUT2D eigenvalue weighted by molar-refractivity contribution is 7.89. The van der Waals surface area contributed by atoms with Crippen LogP contribution >= 0.6 is 0 Å². The van der Waals surface area contributed by atoms with Crippen molar-refractivity contribution < 1.29 is 17.9 Å². The van der Waals surface area contributed by atoms with Gasteiger partial charge in [0.2, 0.25) is 10.0 Å². The average molecular weight is 388 g/mol. The lowest BCUT2D eigenvalue weighted by Gasteiger charge is -2.36. The zero-order valence-electron chi connectivity index (χ0n) is 15.7. The summed E-state index contributed by atoms with van der Waals surface area (Å²) in [4.78, 5) is 12.7. The van der Waals surface area contributed by atoms with E-state index in [1.165, 1.54) is 11.4 Å². The number of terminal acetylenes is 1. The van der Waals surface area contributed by atoms with Gasteiger partial charge in [-0.15, -0.1) is 12.3 Å². The van der Waals surface area contributed by atoms with Crippen molar-refractivity contribution in [3.63, 3.8) is 0 Å². The number of fused-ring (bicyclic) bond motifs is 2. The van der Waals surface area contributed by atoms with Gasteiger partial charge in [0.25, 0.3) is 0 Å². The fraction of sp³-hybridized carbons (Fsp3) is 0.476. The minimum absolute atomic E-state index is 0.0187. The van der Waals surface area contributed by atoms with E-state index in [1.54, 1.807) is 24.3 Å². The Labute approximate surface area is 161 Å². The molecule has 4 atom stereocenters. The molecule has 27 heavy (non-hydrogen) atoms. The van der Waals surface area contributed by atoms with Gasteiger partial charge in [0.05, 0.1) is 17.9 Å². The molecule has 2 aliphatic carbocycles. The summed E-state index contributed by atoms with van der Waals surface area (Å²) in [7, 11) is -2.40. The number of allylic oxidation sites excluding steroid dienone is 1. The molecule has 2 bridgehead atoms. The van der Waals surface area contributed by atoms with Gasteiger partial charge < -0.3 is 4.74 Å². The standard InChI is InChI=1S/C21H25NO4S/c1-4-5-6-13-22(27(24,25)18-11-7-15(2)8-12-18)20-17-10-9-16(14-17)19(20)21(23)26-3/h1,7-12,16-17,19-20H,5-6,13-14H2,2-3H3. The number of carbonyl (C=O) groups excluding carboxylic acids is 1. The zero-order chi connectivity index (χ0) is 19.6. The Bertz CT molecular complexity index is 866. The Balaban J connectivity index is 2.00. The van der Waals surface area contributed by atoms with Gasteiger partial charge in [-0.05, 0) is 43.7 Å². The molecule has 3 rings (SSSR count). The maximum absolute atomic E-state index is 13.5. The van der Waals surface area contributed by atoms with E-state index in [4.69, 9.17) is 11.2 Å². The number of hydrogen-bond donors (Lipinski definition) is 0. The van der Waals surface area contributed by atoms with Crippen molar-refractivity contribution in [2.45, 2.75) is 37.1 Å². The molecule has 6 heteroatoms. The molecule has 1 fully saturated rings. The number of unbranched alkanes of at least 4 members (excludes halogenated alkanes) is 1. The van der Waals surface area contributed by atoms with Crippen LogP contribution in [0.1, 0.15) is 24.8 Å². The molecular formula is C21H25NO4S. The molecule has 2 aliphatic rings. The number of rotatable bonds is 7. The van der Waals surface area contributed by atoms with E-state index in [-0.39, 0.29) is 29.2 Å². The third-order valence-electron chi connectivity index (χ3n) is 5.55. The molecule has 1 aromatic carbocycles. The summed E-state index contributed by atoms with van der Waals surface area (Å²) in [5, 5.41) is 0. The summed E-state index contributed by atoms with van der Waals surface area (Å²) in [6.07, 6.45) is 11.2. The first-order valence-corrected chi connectivity index (χ1v) is 10.6. The summed E-state index contributed by atoms with van der Waals surface area (Å²) in [5.41, 5.74) is 0.989. The molecule has 0 heterocycles. The van der Waals surface area contributed by atoms with E-state index in [2.05, 4.69) is 5.92 Å². The third kappa shape index (κ3) is 3.67. The highest BCUT2D eigenvalue weighted by Gasteiger charge is 2.53. The monoisotopic (exact) mass is 387 g/mol. The number of benzene rings is 1. The summed E-state index contributed by atoms with van der Waals surface area (Å²) in [6.45, 7) is 2.20. The molecule has 0 spiro atoms. The van der Waals surface area contributed by atoms with Crippen LogP contribution in [-0.2, 0) is 19.6 Å². The van der Waals surface area contributed by atoms with Crippen molar-refractivity contribution in [3.8, 4) is 12.3 Å². The Morgan fingerprint density at radius 3 is 2.56 bits per heavy atom. The minimum atomic E-state index is -3.76. The van der Waals surface area contributed by atoms with E-state index in [9.17, 15) is 13.2 Å². The molecule has 144 valence electrons. The molecule has 0 aromatic heterocycles. The smallest absolute Gasteiger partial charge is 0.310 e. The zero-order valence-corrected chi connectivity index (χ0v) is 16.5. The van der Waals surface area contributed by atoms with Gasteiger partial charge in [0, 0.05) is 19.0 Å². The normalized spacial score (nSPS) is 26.3. The summed E-state index contributed by atoms with van der Waals surface area (Å²) >= 11 is 0. The van der Waals surface area contributed by atoms with Crippen molar-refractivity contribution in [3.05, 3.63) is 42.0 Å². The minimum Gasteiger partial charge on any atom is -0.469 e. The van der Waals surface area contributed by atoms with Gasteiger partial charge in [-0.1, -0.05) is 29.8 Å². The second-order valence-corrected chi connectivity index (χ2v) is 9.11. The molecule has 4 unspecified atom stereocenters. The van der Waals surface area contributed by atoms with Crippen LogP contribution in [0.5, 0.6) is 0 Å². The molecule has 1 saturated carbocycles. The van der Waals surface area contributed by atoms with Crippen LogP contribution < -0.4 is 0 Å². The van der Waals surface area contributed by atoms with Gasteiger partial charge in [-0.3, -0.25) is 4.79 Å². The highest BCUT2D eigenvalue weighted by Crippen LogP contribution is 2.48. The second-order valence-electron chi connectivity index (χ2n) is 7.22. The first-order valence-electron chi connectivity index (χ1n) is 9.18. The van der Waals surface area contributed by atoms with Crippen LogP contribution in [0.25, 0.3) is 0 Å². The number of nitrogens with zero attached hydrogens (tertiary/aromatic N) is 1. The molecule has 0 aliphatic heterocycles. The van der Waals surface area contributed by atoms with E-state index in [0.29, 0.717) is 12.8 Å². The van der Waals surface area contributed by atoms with Gasteiger partial charge in [-0.25, -0.2) is 8.42 Å². The number of ether oxygens (including phenoxy) is 1. The number of esters is 1. The maximum atomic E-state index is 13.5. The molecule has 5 nitrogen and oxygen atoms in total. The second kappa shape index (κ2) is 7.87. The summed E-state index contributed by atoms with van der Waals surface area (Å²) < 4.78 is 33.4. The first kappa shape index (κ1) is 19.7. The number of aryl methyl sites for hydroxylation is 1. The van der Waals surface area contributed by atoms with E-state index in [1.807, 2.05) is 19.1 Å². The van der Waals surface area contributed by atoms with E-state index < -0.39 is 22.0 Å². The first-order chi connectivity index (χ1) is 12.9. The number of hydrogen-bond acceptors (Lipinski definition) is 4. The number of sulfonamides is 1. The lowest BCUT2D eigenvalue weighted by atomic mass is 9.89. The summed E-state index contributed by atoms with van der Waals surface area (Å²) in [5.74, 6) is 1.78. The van der Waals surface area contributed by atoms with Crippen LogP contribution in [0.4, 0.5) is 0 Å². The van der Waals surface area contributed by atoms with E-state index >= 15 is 0 Å². The fourth-order valence-corrected chi connectivity index (χ4v) is 5.98. The van der Waals surface area contributed by atoms with E-state index in [0.717, 1.165) is 12.0 Å². The van der Waals surface area contributed by atoms with Crippen LogP contribution in [0.15, 0.2) is 41.3 Å².